The lowest BCUT2D eigenvalue weighted by Crippen LogP contribution is -2.24. The predicted octanol–water partition coefficient (Wildman–Crippen LogP) is 0.913. The molecule has 0 spiro atoms. The standard InChI is InChI=1S/C9H13N3O3S/c13-8(14)4-2-1-3-5-10-9(15)7-6-16-12-11-7/h6H,1-5H2,(H,10,15)(H,13,14). The van der Waals surface area contributed by atoms with Crippen molar-refractivity contribution >= 4 is 23.4 Å². The van der Waals surface area contributed by atoms with Gasteiger partial charge in [-0.1, -0.05) is 10.9 Å². The third kappa shape index (κ3) is 4.83. The number of hydrogen-bond acceptors (Lipinski definition) is 5. The van der Waals surface area contributed by atoms with Gasteiger partial charge in [-0.3, -0.25) is 9.59 Å². The molecule has 0 bridgehead atoms. The van der Waals surface area contributed by atoms with Crippen LogP contribution in [0.15, 0.2) is 5.38 Å². The first-order valence-corrected chi connectivity index (χ1v) is 5.81. The number of carbonyl (C=O) groups excluding carboxylic acids is 1. The lowest BCUT2D eigenvalue weighted by atomic mass is 10.2. The highest BCUT2D eigenvalue weighted by molar-refractivity contribution is 7.03. The second-order valence-corrected chi connectivity index (χ2v) is 3.86. The number of nitrogens with one attached hydrogen (secondary N) is 1. The van der Waals surface area contributed by atoms with E-state index in [0.29, 0.717) is 18.7 Å². The number of carboxylic acid groups (broad SMARTS) is 1. The number of carbonyl (C=O) groups is 2. The molecule has 0 saturated carbocycles. The summed E-state index contributed by atoms with van der Waals surface area (Å²) in [6.07, 6.45) is 2.39. The normalized spacial score (nSPS) is 10.0. The Morgan fingerprint density at radius 2 is 2.19 bits per heavy atom. The van der Waals surface area contributed by atoms with Gasteiger partial charge in [0.15, 0.2) is 5.69 Å². The summed E-state index contributed by atoms with van der Waals surface area (Å²) in [5, 5.41) is 16.3. The zero-order chi connectivity index (χ0) is 11.8. The van der Waals surface area contributed by atoms with Gasteiger partial charge in [0.05, 0.1) is 0 Å². The molecule has 1 heterocycles. The molecule has 1 amide bonds. The van der Waals surface area contributed by atoms with E-state index in [9.17, 15) is 9.59 Å². The van der Waals surface area contributed by atoms with E-state index in [4.69, 9.17) is 5.11 Å². The summed E-state index contributed by atoms with van der Waals surface area (Å²) in [4.78, 5) is 21.6. The molecule has 0 atom stereocenters. The zero-order valence-electron chi connectivity index (χ0n) is 8.68. The van der Waals surface area contributed by atoms with E-state index < -0.39 is 5.97 Å². The molecular formula is C9H13N3O3S. The van der Waals surface area contributed by atoms with Gasteiger partial charge in [0.2, 0.25) is 0 Å². The van der Waals surface area contributed by atoms with Gasteiger partial charge in [0.25, 0.3) is 5.91 Å². The van der Waals surface area contributed by atoms with Crippen LogP contribution in [0.3, 0.4) is 0 Å². The van der Waals surface area contributed by atoms with E-state index in [1.807, 2.05) is 0 Å². The van der Waals surface area contributed by atoms with Gasteiger partial charge in [-0.15, -0.1) is 5.10 Å². The molecule has 88 valence electrons. The number of hydrogen-bond donors (Lipinski definition) is 2. The van der Waals surface area contributed by atoms with Crippen LogP contribution in [0.25, 0.3) is 0 Å². The van der Waals surface area contributed by atoms with Gasteiger partial charge in [-0.2, -0.15) is 0 Å². The second-order valence-electron chi connectivity index (χ2n) is 3.25. The number of carboxylic acids is 1. The SMILES string of the molecule is O=C(O)CCCCCNC(=O)c1csnn1. The van der Waals surface area contributed by atoms with Crippen LogP contribution in [0.2, 0.25) is 0 Å². The first-order valence-electron chi connectivity index (χ1n) is 4.97. The van der Waals surface area contributed by atoms with Crippen molar-refractivity contribution in [2.24, 2.45) is 0 Å². The van der Waals surface area contributed by atoms with Crippen molar-refractivity contribution in [1.82, 2.24) is 14.9 Å². The zero-order valence-corrected chi connectivity index (χ0v) is 9.50. The topological polar surface area (TPSA) is 92.2 Å². The van der Waals surface area contributed by atoms with Crippen LogP contribution in [-0.4, -0.2) is 33.1 Å². The van der Waals surface area contributed by atoms with Crippen LogP contribution in [0.5, 0.6) is 0 Å². The number of aliphatic carboxylic acids is 1. The third-order valence-corrected chi connectivity index (χ3v) is 2.45. The van der Waals surface area contributed by atoms with Crippen molar-refractivity contribution in [2.75, 3.05) is 6.54 Å². The molecule has 0 saturated heterocycles. The van der Waals surface area contributed by atoms with Crippen LogP contribution in [0.1, 0.15) is 36.2 Å². The molecule has 0 aromatic carbocycles. The molecule has 0 unspecified atom stereocenters. The Bertz CT molecular complexity index is 340. The maximum absolute atomic E-state index is 11.3. The third-order valence-electron chi connectivity index (χ3n) is 1.95. The number of aromatic nitrogens is 2. The average molecular weight is 243 g/mol. The first-order chi connectivity index (χ1) is 7.70. The molecule has 0 fully saturated rings. The fraction of sp³-hybridized carbons (Fsp3) is 0.556. The quantitative estimate of drug-likeness (QED) is 0.694. The highest BCUT2D eigenvalue weighted by Crippen LogP contribution is 2.00. The lowest BCUT2D eigenvalue weighted by Gasteiger charge is -2.01. The largest absolute Gasteiger partial charge is 0.481 e. The molecule has 0 aliphatic carbocycles. The fourth-order valence-corrected chi connectivity index (χ4v) is 1.57. The maximum atomic E-state index is 11.3. The van der Waals surface area contributed by atoms with Gasteiger partial charge in [0, 0.05) is 18.3 Å². The summed E-state index contributed by atoms with van der Waals surface area (Å²) in [7, 11) is 0. The Kier molecular flexibility index (Phi) is 5.41. The first kappa shape index (κ1) is 12.6. The van der Waals surface area contributed by atoms with Gasteiger partial charge in [-0.25, -0.2) is 0 Å². The predicted molar refractivity (Wildman–Crippen MR) is 58.3 cm³/mol. The van der Waals surface area contributed by atoms with E-state index in [-0.39, 0.29) is 12.3 Å². The van der Waals surface area contributed by atoms with Crippen molar-refractivity contribution in [1.29, 1.82) is 0 Å². The molecular weight excluding hydrogens is 230 g/mol. The Morgan fingerprint density at radius 1 is 1.38 bits per heavy atom. The van der Waals surface area contributed by atoms with E-state index in [1.165, 1.54) is 0 Å². The van der Waals surface area contributed by atoms with Gasteiger partial charge >= 0.3 is 5.97 Å². The van der Waals surface area contributed by atoms with Crippen LogP contribution < -0.4 is 5.32 Å². The molecule has 1 aromatic rings. The molecule has 0 aliphatic heterocycles. The minimum Gasteiger partial charge on any atom is -0.481 e. The lowest BCUT2D eigenvalue weighted by molar-refractivity contribution is -0.137. The van der Waals surface area contributed by atoms with Crippen LogP contribution in [0.4, 0.5) is 0 Å². The number of rotatable bonds is 7. The van der Waals surface area contributed by atoms with E-state index in [1.54, 1.807) is 5.38 Å². The monoisotopic (exact) mass is 243 g/mol. The minimum atomic E-state index is -0.780. The molecule has 6 nitrogen and oxygen atoms in total. The highest BCUT2D eigenvalue weighted by Gasteiger charge is 2.06. The summed E-state index contributed by atoms with van der Waals surface area (Å²) in [5.41, 5.74) is 0.329. The van der Waals surface area contributed by atoms with Crippen LogP contribution >= 0.6 is 11.5 Å². The van der Waals surface area contributed by atoms with Crippen LogP contribution in [0, 0.1) is 0 Å². The number of nitrogens with zero attached hydrogens (tertiary/aromatic N) is 2. The minimum absolute atomic E-state index is 0.184. The van der Waals surface area contributed by atoms with E-state index >= 15 is 0 Å². The summed E-state index contributed by atoms with van der Waals surface area (Å²) in [6, 6.07) is 0. The number of amides is 1. The van der Waals surface area contributed by atoms with Gasteiger partial charge in [0.1, 0.15) is 0 Å². The molecule has 0 radical (unpaired) electrons. The highest BCUT2D eigenvalue weighted by atomic mass is 32.1. The summed E-state index contributed by atoms with van der Waals surface area (Å²) in [5.74, 6) is -1.01. The van der Waals surface area contributed by atoms with Crippen LogP contribution in [-0.2, 0) is 4.79 Å². The molecule has 0 aliphatic rings. The number of unbranched alkanes of at least 4 members (excludes halogenated alkanes) is 2. The van der Waals surface area contributed by atoms with Crippen molar-refractivity contribution in [3.63, 3.8) is 0 Å². The Balaban J connectivity index is 2.03. The molecule has 7 heteroatoms. The molecule has 16 heavy (non-hydrogen) atoms. The summed E-state index contributed by atoms with van der Waals surface area (Å²) < 4.78 is 3.59. The Hall–Kier alpha value is -1.50. The summed E-state index contributed by atoms with van der Waals surface area (Å²) in [6.45, 7) is 0.538. The second kappa shape index (κ2) is 6.89. The van der Waals surface area contributed by atoms with Gasteiger partial charge in [-0.05, 0) is 24.4 Å². The molecule has 1 rings (SSSR count). The average Bonchev–Trinajstić information content (AvgIpc) is 2.75. The Labute approximate surface area is 96.8 Å². The van der Waals surface area contributed by atoms with Crippen molar-refractivity contribution in [3.05, 3.63) is 11.1 Å². The van der Waals surface area contributed by atoms with Crippen molar-refractivity contribution in [3.8, 4) is 0 Å². The van der Waals surface area contributed by atoms with E-state index in [0.717, 1.165) is 24.4 Å². The molecule has 2 N–H and O–H groups in total. The smallest absolute Gasteiger partial charge is 0.303 e. The Morgan fingerprint density at radius 3 is 2.81 bits per heavy atom. The van der Waals surface area contributed by atoms with Gasteiger partial charge < -0.3 is 10.4 Å². The van der Waals surface area contributed by atoms with Crippen molar-refractivity contribution in [2.45, 2.75) is 25.7 Å². The summed E-state index contributed by atoms with van der Waals surface area (Å²) >= 11 is 1.13. The van der Waals surface area contributed by atoms with E-state index in [2.05, 4.69) is 14.9 Å². The fourth-order valence-electron chi connectivity index (χ4n) is 1.13. The maximum Gasteiger partial charge on any atom is 0.303 e. The van der Waals surface area contributed by atoms with Crippen molar-refractivity contribution < 1.29 is 14.7 Å². The molecule has 1 aromatic heterocycles.